The normalized spacial score (nSPS) is 33.4. The van der Waals surface area contributed by atoms with Crippen LogP contribution in [-0.4, -0.2) is 22.2 Å². The molecule has 2 atom stereocenters. The van der Waals surface area contributed by atoms with Gasteiger partial charge in [-0.1, -0.05) is 39.5 Å². The van der Waals surface area contributed by atoms with Crippen LogP contribution in [-0.2, 0) is 9.59 Å². The number of carboxylic acid groups (broad SMARTS) is 2. The molecule has 0 aromatic rings. The van der Waals surface area contributed by atoms with E-state index in [1.165, 1.54) is 0 Å². The zero-order valence-electron chi connectivity index (χ0n) is 11.4. The van der Waals surface area contributed by atoms with Crippen molar-refractivity contribution in [2.24, 2.45) is 10.8 Å². The summed E-state index contributed by atoms with van der Waals surface area (Å²) in [6.07, 6.45) is 5.40. The Labute approximate surface area is 108 Å². The lowest BCUT2D eigenvalue weighted by atomic mass is 9.55. The molecule has 0 aliphatic heterocycles. The van der Waals surface area contributed by atoms with Crippen LogP contribution in [0.15, 0.2) is 0 Å². The van der Waals surface area contributed by atoms with Crippen molar-refractivity contribution >= 4 is 11.9 Å². The Bertz CT molecular complexity index is 294. The third kappa shape index (κ3) is 2.13. The topological polar surface area (TPSA) is 74.6 Å². The van der Waals surface area contributed by atoms with Gasteiger partial charge in [-0.2, -0.15) is 0 Å². The fourth-order valence-corrected chi connectivity index (χ4v) is 3.64. The Balaban J connectivity index is 3.32. The Morgan fingerprint density at radius 3 is 1.39 bits per heavy atom. The second kappa shape index (κ2) is 5.72. The first-order valence-corrected chi connectivity index (χ1v) is 6.93. The summed E-state index contributed by atoms with van der Waals surface area (Å²) in [7, 11) is 0. The van der Waals surface area contributed by atoms with Crippen LogP contribution in [0.3, 0.4) is 0 Å². The zero-order chi connectivity index (χ0) is 13.8. The number of hydrogen-bond donors (Lipinski definition) is 2. The lowest BCUT2D eigenvalue weighted by Gasteiger charge is -2.45. The Morgan fingerprint density at radius 2 is 1.17 bits per heavy atom. The first kappa shape index (κ1) is 15.0. The minimum absolute atomic E-state index is 0.391. The van der Waals surface area contributed by atoms with E-state index in [9.17, 15) is 19.8 Å². The highest BCUT2D eigenvalue weighted by molar-refractivity contribution is 5.86. The molecule has 1 saturated carbocycles. The fraction of sp³-hybridized carbons (Fsp3) is 0.857. The van der Waals surface area contributed by atoms with Gasteiger partial charge in [0.2, 0.25) is 0 Å². The fourth-order valence-electron chi connectivity index (χ4n) is 3.64. The van der Waals surface area contributed by atoms with Crippen molar-refractivity contribution in [1.29, 1.82) is 0 Å². The zero-order valence-corrected chi connectivity index (χ0v) is 11.4. The SMILES string of the molecule is CCC1(C(=O)O)CCCCCCC1(CC)C(=O)O. The van der Waals surface area contributed by atoms with Crippen LogP contribution in [0.1, 0.15) is 65.2 Å². The summed E-state index contributed by atoms with van der Waals surface area (Å²) < 4.78 is 0. The standard InChI is InChI=1S/C14H24O4/c1-3-13(11(15)16)9-7-5-6-8-10-14(13,4-2)12(17)18/h3-10H2,1-2H3,(H,15,16)(H,17,18). The summed E-state index contributed by atoms with van der Waals surface area (Å²) >= 11 is 0. The third-order valence-electron chi connectivity index (χ3n) is 4.90. The summed E-state index contributed by atoms with van der Waals surface area (Å²) in [5.41, 5.74) is -2.21. The van der Waals surface area contributed by atoms with E-state index in [0.717, 1.165) is 25.7 Å². The molecule has 2 unspecified atom stereocenters. The molecule has 1 aliphatic rings. The molecule has 1 rings (SSSR count). The van der Waals surface area contributed by atoms with E-state index in [1.54, 1.807) is 0 Å². The smallest absolute Gasteiger partial charge is 0.310 e. The molecule has 0 spiro atoms. The van der Waals surface area contributed by atoms with Crippen LogP contribution in [0.5, 0.6) is 0 Å². The molecule has 0 aromatic carbocycles. The average molecular weight is 256 g/mol. The molecule has 104 valence electrons. The summed E-state index contributed by atoms with van der Waals surface area (Å²) in [6.45, 7) is 3.62. The molecule has 0 heterocycles. The molecule has 4 heteroatoms. The largest absolute Gasteiger partial charge is 0.481 e. The van der Waals surface area contributed by atoms with Crippen LogP contribution < -0.4 is 0 Å². The van der Waals surface area contributed by atoms with Crippen LogP contribution >= 0.6 is 0 Å². The first-order valence-electron chi connectivity index (χ1n) is 6.93. The van der Waals surface area contributed by atoms with E-state index in [2.05, 4.69) is 0 Å². The van der Waals surface area contributed by atoms with Crippen LogP contribution in [0.2, 0.25) is 0 Å². The van der Waals surface area contributed by atoms with E-state index in [4.69, 9.17) is 0 Å². The second-order valence-electron chi connectivity index (χ2n) is 5.40. The van der Waals surface area contributed by atoms with Crippen LogP contribution in [0.25, 0.3) is 0 Å². The first-order chi connectivity index (χ1) is 8.47. The average Bonchev–Trinajstić information content (AvgIpc) is 2.29. The quantitative estimate of drug-likeness (QED) is 0.809. The van der Waals surface area contributed by atoms with Gasteiger partial charge < -0.3 is 10.2 Å². The van der Waals surface area contributed by atoms with E-state index in [0.29, 0.717) is 25.7 Å². The van der Waals surface area contributed by atoms with E-state index < -0.39 is 22.8 Å². The predicted octanol–water partition coefficient (Wildman–Crippen LogP) is 3.30. The maximum Gasteiger partial charge on any atom is 0.310 e. The molecule has 1 fully saturated rings. The molecule has 0 bridgehead atoms. The Hall–Kier alpha value is -1.06. The number of aliphatic carboxylic acids is 2. The van der Waals surface area contributed by atoms with Gasteiger partial charge in [0.1, 0.15) is 0 Å². The van der Waals surface area contributed by atoms with Gasteiger partial charge in [0.15, 0.2) is 0 Å². The number of rotatable bonds is 4. The minimum Gasteiger partial charge on any atom is -0.481 e. The van der Waals surface area contributed by atoms with Crippen molar-refractivity contribution in [1.82, 2.24) is 0 Å². The maximum atomic E-state index is 11.8. The van der Waals surface area contributed by atoms with Crippen molar-refractivity contribution < 1.29 is 19.8 Å². The van der Waals surface area contributed by atoms with Gasteiger partial charge in [0, 0.05) is 0 Å². The van der Waals surface area contributed by atoms with Crippen molar-refractivity contribution in [3.8, 4) is 0 Å². The second-order valence-corrected chi connectivity index (χ2v) is 5.40. The van der Waals surface area contributed by atoms with Gasteiger partial charge in [-0.3, -0.25) is 9.59 Å². The molecule has 2 N–H and O–H groups in total. The molecule has 0 saturated heterocycles. The molecular weight excluding hydrogens is 232 g/mol. The van der Waals surface area contributed by atoms with E-state index in [1.807, 2.05) is 13.8 Å². The number of hydrogen-bond acceptors (Lipinski definition) is 2. The monoisotopic (exact) mass is 256 g/mol. The van der Waals surface area contributed by atoms with Gasteiger partial charge in [0.25, 0.3) is 0 Å². The van der Waals surface area contributed by atoms with Crippen molar-refractivity contribution in [3.05, 3.63) is 0 Å². The van der Waals surface area contributed by atoms with Crippen molar-refractivity contribution in [3.63, 3.8) is 0 Å². The summed E-state index contributed by atoms with van der Waals surface area (Å²) in [5.74, 6) is -1.87. The van der Waals surface area contributed by atoms with Gasteiger partial charge in [-0.25, -0.2) is 0 Å². The third-order valence-corrected chi connectivity index (χ3v) is 4.90. The molecule has 4 nitrogen and oxygen atoms in total. The van der Waals surface area contributed by atoms with Crippen LogP contribution in [0.4, 0.5) is 0 Å². The highest BCUT2D eigenvalue weighted by atomic mass is 16.4. The molecule has 0 amide bonds. The highest BCUT2D eigenvalue weighted by Crippen LogP contribution is 2.53. The lowest BCUT2D eigenvalue weighted by molar-refractivity contribution is -0.178. The Kier molecular flexibility index (Phi) is 4.77. The maximum absolute atomic E-state index is 11.8. The molecular formula is C14H24O4. The highest BCUT2D eigenvalue weighted by Gasteiger charge is 2.58. The molecule has 0 radical (unpaired) electrons. The molecule has 1 aliphatic carbocycles. The number of carbonyl (C=O) groups is 2. The van der Waals surface area contributed by atoms with Gasteiger partial charge in [0.05, 0.1) is 10.8 Å². The van der Waals surface area contributed by atoms with Crippen molar-refractivity contribution in [2.45, 2.75) is 65.2 Å². The van der Waals surface area contributed by atoms with Crippen molar-refractivity contribution in [2.75, 3.05) is 0 Å². The summed E-state index contributed by atoms with van der Waals surface area (Å²) in [6, 6.07) is 0. The molecule has 0 aromatic heterocycles. The van der Waals surface area contributed by atoms with E-state index >= 15 is 0 Å². The number of carboxylic acids is 2. The minimum atomic E-state index is -1.10. The molecule has 18 heavy (non-hydrogen) atoms. The van der Waals surface area contributed by atoms with Gasteiger partial charge >= 0.3 is 11.9 Å². The van der Waals surface area contributed by atoms with Gasteiger partial charge in [-0.05, 0) is 25.7 Å². The van der Waals surface area contributed by atoms with Gasteiger partial charge in [-0.15, -0.1) is 0 Å². The lowest BCUT2D eigenvalue weighted by Crippen LogP contribution is -2.52. The summed E-state index contributed by atoms with van der Waals surface area (Å²) in [4.78, 5) is 23.6. The van der Waals surface area contributed by atoms with Crippen LogP contribution in [0, 0.1) is 10.8 Å². The Morgan fingerprint density at radius 1 is 0.833 bits per heavy atom. The summed E-state index contributed by atoms with van der Waals surface area (Å²) in [5, 5.41) is 19.3. The predicted molar refractivity (Wildman–Crippen MR) is 68.4 cm³/mol. The van der Waals surface area contributed by atoms with E-state index in [-0.39, 0.29) is 0 Å².